The zero-order valence-corrected chi connectivity index (χ0v) is 10.6. The molecule has 0 amide bonds. The van der Waals surface area contributed by atoms with Gasteiger partial charge < -0.3 is 5.32 Å². The first-order valence-electron chi connectivity index (χ1n) is 5.05. The van der Waals surface area contributed by atoms with Gasteiger partial charge in [0.25, 0.3) is 0 Å². The van der Waals surface area contributed by atoms with E-state index >= 15 is 0 Å². The highest BCUT2D eigenvalue weighted by molar-refractivity contribution is 14.0. The minimum atomic E-state index is 0. The van der Waals surface area contributed by atoms with Crippen LogP contribution in [0.5, 0.6) is 0 Å². The van der Waals surface area contributed by atoms with Crippen molar-refractivity contribution < 1.29 is 0 Å². The summed E-state index contributed by atoms with van der Waals surface area (Å²) < 4.78 is 0. The normalized spacial score (nSPS) is 25.0. The van der Waals surface area contributed by atoms with Crippen LogP contribution in [0.3, 0.4) is 0 Å². The molecule has 74 valence electrons. The monoisotopic (exact) mass is 283 g/mol. The molecule has 1 nitrogen and oxygen atoms in total. The van der Waals surface area contributed by atoms with Gasteiger partial charge in [-0.15, -0.1) is 24.0 Å². The first-order valence-corrected chi connectivity index (χ1v) is 5.05. The molecule has 0 aromatic rings. The van der Waals surface area contributed by atoms with E-state index in [2.05, 4.69) is 19.2 Å². The van der Waals surface area contributed by atoms with Gasteiger partial charge >= 0.3 is 0 Å². The molecule has 1 N–H and O–H groups in total. The molecule has 1 saturated heterocycles. The van der Waals surface area contributed by atoms with E-state index in [9.17, 15) is 0 Å². The lowest BCUT2D eigenvalue weighted by Gasteiger charge is -2.17. The first kappa shape index (κ1) is 12.7. The van der Waals surface area contributed by atoms with Crippen LogP contribution in [-0.4, -0.2) is 13.1 Å². The van der Waals surface area contributed by atoms with Crippen molar-refractivity contribution in [1.82, 2.24) is 5.32 Å². The Morgan fingerprint density at radius 1 is 1.50 bits per heavy atom. The fraction of sp³-hybridized carbons (Fsp3) is 1.00. The zero-order chi connectivity index (χ0) is 8.10. The average molecular weight is 283 g/mol. The quantitative estimate of drug-likeness (QED) is 0.782. The molecule has 1 aliphatic heterocycles. The van der Waals surface area contributed by atoms with E-state index in [4.69, 9.17) is 0 Å². The third kappa shape index (κ3) is 4.08. The number of nitrogens with one attached hydrogen (secondary N) is 1. The van der Waals surface area contributed by atoms with Gasteiger partial charge in [-0.2, -0.15) is 0 Å². The molecule has 1 rings (SSSR count). The molecule has 0 bridgehead atoms. The van der Waals surface area contributed by atoms with E-state index in [1.54, 1.807) is 0 Å². The lowest BCUT2D eigenvalue weighted by Crippen LogP contribution is -2.15. The topological polar surface area (TPSA) is 12.0 Å². The molecule has 1 aliphatic rings. The van der Waals surface area contributed by atoms with Gasteiger partial charge in [0, 0.05) is 0 Å². The number of hydrogen-bond donors (Lipinski definition) is 1. The van der Waals surface area contributed by atoms with Crippen LogP contribution in [0.15, 0.2) is 0 Å². The lowest BCUT2D eigenvalue weighted by atomic mass is 9.89. The lowest BCUT2D eigenvalue weighted by molar-refractivity contribution is 0.354. The van der Waals surface area contributed by atoms with Crippen LogP contribution < -0.4 is 5.32 Å². The molecular weight excluding hydrogens is 261 g/mol. The van der Waals surface area contributed by atoms with Gasteiger partial charge in [-0.25, -0.2) is 0 Å². The summed E-state index contributed by atoms with van der Waals surface area (Å²) in [5, 5.41) is 3.43. The highest BCUT2D eigenvalue weighted by atomic mass is 127. The van der Waals surface area contributed by atoms with E-state index in [-0.39, 0.29) is 24.0 Å². The van der Waals surface area contributed by atoms with E-state index < -0.39 is 0 Å². The fourth-order valence-electron chi connectivity index (χ4n) is 1.92. The Bertz CT molecular complexity index is 100. The minimum Gasteiger partial charge on any atom is -0.316 e. The van der Waals surface area contributed by atoms with Crippen LogP contribution in [0.1, 0.15) is 39.5 Å². The molecule has 0 spiro atoms. The van der Waals surface area contributed by atoms with Crippen molar-refractivity contribution in [3.05, 3.63) is 0 Å². The summed E-state index contributed by atoms with van der Waals surface area (Å²) >= 11 is 0. The van der Waals surface area contributed by atoms with Crippen molar-refractivity contribution >= 4 is 24.0 Å². The minimum absolute atomic E-state index is 0. The van der Waals surface area contributed by atoms with Gasteiger partial charge in [0.15, 0.2) is 0 Å². The maximum Gasteiger partial charge on any atom is -0.00175 e. The van der Waals surface area contributed by atoms with E-state index in [0.717, 1.165) is 11.8 Å². The maximum absolute atomic E-state index is 3.43. The van der Waals surface area contributed by atoms with Crippen molar-refractivity contribution in [3.8, 4) is 0 Å². The summed E-state index contributed by atoms with van der Waals surface area (Å²) in [6.07, 6.45) is 5.61. The van der Waals surface area contributed by atoms with E-state index in [1.165, 1.54) is 38.8 Å². The number of rotatable bonds is 4. The molecule has 1 heterocycles. The summed E-state index contributed by atoms with van der Waals surface area (Å²) in [5.74, 6) is 1.92. The number of halogens is 1. The maximum atomic E-state index is 3.43. The summed E-state index contributed by atoms with van der Waals surface area (Å²) in [4.78, 5) is 0. The average Bonchev–Trinajstić information content (AvgIpc) is 2.52. The zero-order valence-electron chi connectivity index (χ0n) is 8.31. The summed E-state index contributed by atoms with van der Waals surface area (Å²) in [5.41, 5.74) is 0. The number of unbranched alkanes of at least 4 members (excludes halogenated alkanes) is 1. The second-order valence-electron chi connectivity index (χ2n) is 3.87. The van der Waals surface area contributed by atoms with Crippen LogP contribution in [0.4, 0.5) is 0 Å². The Hall–Kier alpha value is 0.690. The van der Waals surface area contributed by atoms with Crippen molar-refractivity contribution in [2.24, 2.45) is 11.8 Å². The SMILES string of the molecule is CCCCC(C)C1CCNC1.I. The summed E-state index contributed by atoms with van der Waals surface area (Å²) in [6.45, 7) is 7.21. The molecule has 12 heavy (non-hydrogen) atoms. The van der Waals surface area contributed by atoms with Crippen molar-refractivity contribution in [1.29, 1.82) is 0 Å². The Morgan fingerprint density at radius 3 is 2.75 bits per heavy atom. The van der Waals surface area contributed by atoms with E-state index in [0.29, 0.717) is 0 Å². The Kier molecular flexibility index (Phi) is 7.54. The smallest absolute Gasteiger partial charge is 0.00175 e. The molecule has 0 aromatic carbocycles. The van der Waals surface area contributed by atoms with Crippen LogP contribution >= 0.6 is 24.0 Å². The highest BCUT2D eigenvalue weighted by Gasteiger charge is 2.20. The molecule has 2 atom stereocenters. The largest absolute Gasteiger partial charge is 0.316 e. The Balaban J connectivity index is 0.00000121. The van der Waals surface area contributed by atoms with Gasteiger partial charge in [0.1, 0.15) is 0 Å². The predicted octanol–water partition coefficient (Wildman–Crippen LogP) is 3.04. The summed E-state index contributed by atoms with van der Waals surface area (Å²) in [7, 11) is 0. The summed E-state index contributed by atoms with van der Waals surface area (Å²) in [6, 6.07) is 0. The molecule has 0 aliphatic carbocycles. The highest BCUT2D eigenvalue weighted by Crippen LogP contribution is 2.22. The third-order valence-electron chi connectivity index (χ3n) is 2.92. The number of hydrogen-bond acceptors (Lipinski definition) is 1. The molecule has 0 aromatic heterocycles. The van der Waals surface area contributed by atoms with Crippen molar-refractivity contribution in [3.63, 3.8) is 0 Å². The fourth-order valence-corrected chi connectivity index (χ4v) is 1.92. The molecule has 0 saturated carbocycles. The Labute approximate surface area is 93.7 Å². The van der Waals surface area contributed by atoms with Gasteiger partial charge in [0.2, 0.25) is 0 Å². The molecule has 2 unspecified atom stereocenters. The van der Waals surface area contributed by atoms with E-state index in [1.807, 2.05) is 0 Å². The predicted molar refractivity (Wildman–Crippen MR) is 65.1 cm³/mol. The van der Waals surface area contributed by atoms with Gasteiger partial charge in [-0.1, -0.05) is 33.1 Å². The Morgan fingerprint density at radius 2 is 2.25 bits per heavy atom. The van der Waals surface area contributed by atoms with Crippen LogP contribution in [0.25, 0.3) is 0 Å². The standard InChI is InChI=1S/C10H21N.HI/c1-3-4-5-9(2)10-6-7-11-8-10;/h9-11H,3-8H2,1-2H3;1H. The second-order valence-corrected chi connectivity index (χ2v) is 3.87. The van der Waals surface area contributed by atoms with Crippen LogP contribution in [0, 0.1) is 11.8 Å². The molecular formula is C10H22IN. The first-order chi connectivity index (χ1) is 5.34. The third-order valence-corrected chi connectivity index (χ3v) is 2.92. The van der Waals surface area contributed by atoms with Gasteiger partial charge in [-0.3, -0.25) is 0 Å². The van der Waals surface area contributed by atoms with Gasteiger partial charge in [0.05, 0.1) is 0 Å². The van der Waals surface area contributed by atoms with Crippen molar-refractivity contribution in [2.75, 3.05) is 13.1 Å². The molecule has 1 fully saturated rings. The van der Waals surface area contributed by atoms with Crippen LogP contribution in [-0.2, 0) is 0 Å². The van der Waals surface area contributed by atoms with Crippen molar-refractivity contribution in [2.45, 2.75) is 39.5 Å². The van der Waals surface area contributed by atoms with Gasteiger partial charge in [-0.05, 0) is 31.3 Å². The molecule has 0 radical (unpaired) electrons. The van der Waals surface area contributed by atoms with Crippen LogP contribution in [0.2, 0.25) is 0 Å². The molecule has 2 heteroatoms. The second kappa shape index (κ2) is 7.13.